The van der Waals surface area contributed by atoms with Crippen LogP contribution in [0.15, 0.2) is 0 Å². The van der Waals surface area contributed by atoms with Crippen LogP contribution >= 0.6 is 0 Å². The van der Waals surface area contributed by atoms with E-state index in [0.717, 1.165) is 0 Å². The van der Waals surface area contributed by atoms with E-state index in [9.17, 15) is 22.8 Å². The molecule has 0 fully saturated rings. The predicted octanol–water partition coefficient (Wildman–Crippen LogP) is 0.533. The number of hydrogen-bond acceptors (Lipinski definition) is 2. The lowest BCUT2D eigenvalue weighted by Gasteiger charge is -2.21. The molecule has 15 heavy (non-hydrogen) atoms. The maximum Gasteiger partial charge on any atom is 0.471 e. The van der Waals surface area contributed by atoms with Gasteiger partial charge in [0.1, 0.15) is 0 Å². The fourth-order valence-electron chi connectivity index (χ4n) is 0.933. The minimum absolute atomic E-state index is 0.157. The van der Waals surface area contributed by atoms with E-state index in [1.54, 1.807) is 6.92 Å². The molecule has 0 aromatic heterocycles. The average molecular weight is 226 g/mol. The Labute approximate surface area is 85.4 Å². The zero-order valence-corrected chi connectivity index (χ0v) is 8.52. The van der Waals surface area contributed by atoms with Gasteiger partial charge in [-0.2, -0.15) is 13.2 Å². The zero-order valence-electron chi connectivity index (χ0n) is 8.52. The van der Waals surface area contributed by atoms with Gasteiger partial charge in [-0.05, 0) is 13.8 Å². The molecule has 0 radical (unpaired) electrons. The zero-order chi connectivity index (χ0) is 12.1. The first kappa shape index (κ1) is 13.7. The van der Waals surface area contributed by atoms with Crippen molar-refractivity contribution in [2.45, 2.75) is 20.0 Å². The lowest BCUT2D eigenvalue weighted by molar-refractivity contribution is -0.185. The molecule has 0 saturated heterocycles. The smallest absolute Gasteiger partial charge is 0.355 e. The van der Waals surface area contributed by atoms with Gasteiger partial charge in [0.2, 0.25) is 5.91 Å². The first-order valence-electron chi connectivity index (χ1n) is 4.45. The van der Waals surface area contributed by atoms with Crippen molar-refractivity contribution in [1.82, 2.24) is 10.2 Å². The number of nitrogens with zero attached hydrogens (tertiary/aromatic N) is 1. The van der Waals surface area contributed by atoms with Gasteiger partial charge >= 0.3 is 12.1 Å². The first-order chi connectivity index (χ1) is 6.82. The molecular weight excluding hydrogens is 213 g/mol. The van der Waals surface area contributed by atoms with Gasteiger partial charge in [0.15, 0.2) is 0 Å². The highest BCUT2D eigenvalue weighted by Crippen LogP contribution is 2.17. The number of hydrogen-bond donors (Lipinski definition) is 1. The van der Waals surface area contributed by atoms with Crippen LogP contribution in [0.3, 0.4) is 0 Å². The molecule has 0 unspecified atom stereocenters. The topological polar surface area (TPSA) is 49.4 Å². The third kappa shape index (κ3) is 4.66. The maximum absolute atomic E-state index is 12.0. The highest BCUT2D eigenvalue weighted by molar-refractivity contribution is 5.87. The Morgan fingerprint density at radius 1 is 1.27 bits per heavy atom. The third-order valence-electron chi connectivity index (χ3n) is 1.62. The summed E-state index contributed by atoms with van der Waals surface area (Å²) in [7, 11) is 0. The number of carbonyl (C=O) groups is 2. The van der Waals surface area contributed by atoms with Crippen LogP contribution in [0.4, 0.5) is 13.2 Å². The van der Waals surface area contributed by atoms with E-state index >= 15 is 0 Å². The quantitative estimate of drug-likeness (QED) is 0.760. The molecule has 4 nitrogen and oxygen atoms in total. The van der Waals surface area contributed by atoms with Crippen molar-refractivity contribution in [3.8, 4) is 0 Å². The van der Waals surface area contributed by atoms with Gasteiger partial charge in [-0.15, -0.1) is 0 Å². The van der Waals surface area contributed by atoms with E-state index in [4.69, 9.17) is 0 Å². The summed E-state index contributed by atoms with van der Waals surface area (Å²) in [4.78, 5) is 22.2. The van der Waals surface area contributed by atoms with Gasteiger partial charge < -0.3 is 10.2 Å². The van der Waals surface area contributed by atoms with Gasteiger partial charge in [0, 0.05) is 13.1 Å². The number of alkyl halides is 3. The number of amides is 2. The molecule has 0 aliphatic heterocycles. The predicted molar refractivity (Wildman–Crippen MR) is 47.0 cm³/mol. The standard InChI is InChI=1S/C8H13F3N2O2/c1-3-12-6(14)5-13(4-2)7(15)8(9,10)11/h3-5H2,1-2H3,(H,12,14). The Hall–Kier alpha value is -1.27. The van der Waals surface area contributed by atoms with Gasteiger partial charge in [-0.3, -0.25) is 9.59 Å². The molecule has 0 aliphatic carbocycles. The summed E-state index contributed by atoms with van der Waals surface area (Å²) in [5.41, 5.74) is 0. The summed E-state index contributed by atoms with van der Waals surface area (Å²) in [5.74, 6) is -2.59. The van der Waals surface area contributed by atoms with Crippen molar-refractivity contribution in [2.24, 2.45) is 0 Å². The monoisotopic (exact) mass is 226 g/mol. The van der Waals surface area contributed by atoms with Crippen molar-refractivity contribution in [1.29, 1.82) is 0 Å². The molecule has 7 heteroatoms. The van der Waals surface area contributed by atoms with Crippen molar-refractivity contribution in [2.75, 3.05) is 19.6 Å². The SMILES string of the molecule is CCNC(=O)CN(CC)C(=O)C(F)(F)F. The molecule has 1 N–H and O–H groups in total. The van der Waals surface area contributed by atoms with Crippen molar-refractivity contribution < 1.29 is 22.8 Å². The molecule has 0 aliphatic rings. The maximum atomic E-state index is 12.0. The van der Waals surface area contributed by atoms with Gasteiger partial charge in [-0.1, -0.05) is 0 Å². The Bertz CT molecular complexity index is 241. The molecule has 0 spiro atoms. The van der Waals surface area contributed by atoms with Crippen LogP contribution in [0.5, 0.6) is 0 Å². The van der Waals surface area contributed by atoms with Crippen LogP contribution in [0.1, 0.15) is 13.8 Å². The van der Waals surface area contributed by atoms with Crippen LogP contribution in [-0.4, -0.2) is 42.5 Å². The van der Waals surface area contributed by atoms with E-state index in [-0.39, 0.29) is 6.54 Å². The van der Waals surface area contributed by atoms with Crippen LogP contribution in [0, 0.1) is 0 Å². The lowest BCUT2D eigenvalue weighted by Crippen LogP contribution is -2.46. The Morgan fingerprint density at radius 3 is 2.13 bits per heavy atom. The first-order valence-corrected chi connectivity index (χ1v) is 4.45. The number of rotatable bonds is 4. The molecule has 0 atom stereocenters. The molecule has 2 amide bonds. The Balaban J connectivity index is 4.38. The second-order valence-electron chi connectivity index (χ2n) is 2.77. The van der Waals surface area contributed by atoms with E-state index < -0.39 is 24.5 Å². The molecule has 0 rings (SSSR count). The fourth-order valence-corrected chi connectivity index (χ4v) is 0.933. The molecule has 88 valence electrons. The van der Waals surface area contributed by atoms with E-state index in [2.05, 4.69) is 5.32 Å². The average Bonchev–Trinajstić information content (AvgIpc) is 2.12. The second kappa shape index (κ2) is 5.57. The van der Waals surface area contributed by atoms with E-state index in [0.29, 0.717) is 11.4 Å². The van der Waals surface area contributed by atoms with E-state index in [1.807, 2.05) is 0 Å². The molecule has 0 aromatic rings. The second-order valence-corrected chi connectivity index (χ2v) is 2.77. The van der Waals surface area contributed by atoms with Crippen LogP contribution in [-0.2, 0) is 9.59 Å². The molecule has 0 heterocycles. The highest BCUT2D eigenvalue weighted by Gasteiger charge is 2.42. The number of halogens is 3. The summed E-state index contributed by atoms with van der Waals surface area (Å²) in [5, 5.41) is 2.32. The molecule has 0 bridgehead atoms. The van der Waals surface area contributed by atoms with Crippen LogP contribution in [0.25, 0.3) is 0 Å². The fraction of sp³-hybridized carbons (Fsp3) is 0.750. The Kier molecular flexibility index (Phi) is 5.10. The van der Waals surface area contributed by atoms with Gasteiger partial charge in [-0.25, -0.2) is 0 Å². The minimum atomic E-state index is -4.93. The normalized spacial score (nSPS) is 11.0. The van der Waals surface area contributed by atoms with Crippen molar-refractivity contribution in [3.05, 3.63) is 0 Å². The van der Waals surface area contributed by atoms with Gasteiger partial charge in [0.25, 0.3) is 0 Å². The molecular formula is C8H13F3N2O2. The minimum Gasteiger partial charge on any atom is -0.355 e. The highest BCUT2D eigenvalue weighted by atomic mass is 19.4. The number of carbonyl (C=O) groups excluding carboxylic acids is 2. The summed E-state index contributed by atoms with van der Waals surface area (Å²) in [6.45, 7) is 2.61. The summed E-state index contributed by atoms with van der Waals surface area (Å²) >= 11 is 0. The summed E-state index contributed by atoms with van der Waals surface area (Å²) in [6.07, 6.45) is -4.93. The summed E-state index contributed by atoms with van der Waals surface area (Å²) < 4.78 is 36.0. The Morgan fingerprint density at radius 2 is 1.80 bits per heavy atom. The molecule has 0 saturated carbocycles. The third-order valence-corrected chi connectivity index (χ3v) is 1.62. The van der Waals surface area contributed by atoms with Crippen molar-refractivity contribution >= 4 is 11.8 Å². The molecule has 0 aromatic carbocycles. The van der Waals surface area contributed by atoms with E-state index in [1.165, 1.54) is 6.92 Å². The lowest BCUT2D eigenvalue weighted by atomic mass is 10.4. The summed E-state index contributed by atoms with van der Waals surface area (Å²) in [6, 6.07) is 0. The largest absolute Gasteiger partial charge is 0.471 e. The van der Waals surface area contributed by atoms with Gasteiger partial charge in [0.05, 0.1) is 6.54 Å². The van der Waals surface area contributed by atoms with Crippen molar-refractivity contribution in [3.63, 3.8) is 0 Å². The van der Waals surface area contributed by atoms with Crippen LogP contribution < -0.4 is 5.32 Å². The van der Waals surface area contributed by atoms with Crippen LogP contribution in [0.2, 0.25) is 0 Å². The number of nitrogens with one attached hydrogen (secondary N) is 1. The number of likely N-dealkylation sites (N-methyl/N-ethyl adjacent to an activating group) is 2.